The Kier molecular flexibility index (Phi) is 6.98. The molecule has 0 aromatic rings. The lowest BCUT2D eigenvalue weighted by Gasteiger charge is -2.29. The van der Waals surface area contributed by atoms with Crippen LogP contribution in [0.5, 0.6) is 0 Å². The lowest BCUT2D eigenvalue weighted by atomic mass is 9.92. The maximum absolute atomic E-state index is 12.7. The van der Waals surface area contributed by atoms with Gasteiger partial charge in [-0.05, 0) is 31.7 Å². The summed E-state index contributed by atoms with van der Waals surface area (Å²) in [4.78, 5) is 28.8. The van der Waals surface area contributed by atoms with Crippen LogP contribution in [0.3, 0.4) is 0 Å². The molecule has 1 aliphatic heterocycles. The number of rotatable bonds is 7. The first kappa shape index (κ1) is 17.3. The van der Waals surface area contributed by atoms with Crippen LogP contribution in [0.1, 0.15) is 46.0 Å². The van der Waals surface area contributed by atoms with Crippen LogP contribution < -0.4 is 5.48 Å². The van der Waals surface area contributed by atoms with Crippen LogP contribution in [0.4, 0.5) is 0 Å². The van der Waals surface area contributed by atoms with Gasteiger partial charge in [0.05, 0.1) is 5.92 Å². The topological polar surface area (TPSA) is 118 Å². The SMILES string of the molecule is CCCC[C@@H](C(=O)N1CCC[C@H]1C)[C@@H](N=[N+]=[N-])C(=O)NO. The van der Waals surface area contributed by atoms with Crippen LogP contribution in [0.25, 0.3) is 10.4 Å². The lowest BCUT2D eigenvalue weighted by molar-refractivity contribution is -0.142. The second-order valence-corrected chi connectivity index (χ2v) is 5.40. The van der Waals surface area contributed by atoms with Gasteiger partial charge >= 0.3 is 0 Å². The van der Waals surface area contributed by atoms with Gasteiger partial charge < -0.3 is 4.90 Å². The molecule has 0 saturated carbocycles. The largest absolute Gasteiger partial charge is 0.340 e. The van der Waals surface area contributed by atoms with Crippen molar-refractivity contribution in [3.05, 3.63) is 10.4 Å². The summed E-state index contributed by atoms with van der Waals surface area (Å²) >= 11 is 0. The third kappa shape index (κ3) is 4.34. The Balaban J connectivity index is 2.98. The molecular formula is C13H23N5O3. The van der Waals surface area contributed by atoms with Gasteiger partial charge in [-0.1, -0.05) is 24.9 Å². The van der Waals surface area contributed by atoms with Gasteiger partial charge in [0, 0.05) is 17.5 Å². The van der Waals surface area contributed by atoms with E-state index in [-0.39, 0.29) is 11.9 Å². The van der Waals surface area contributed by atoms with E-state index in [0.717, 1.165) is 25.7 Å². The van der Waals surface area contributed by atoms with E-state index in [4.69, 9.17) is 10.7 Å². The van der Waals surface area contributed by atoms with Crippen molar-refractivity contribution in [2.45, 2.75) is 58.0 Å². The minimum Gasteiger partial charge on any atom is -0.340 e. The van der Waals surface area contributed by atoms with Crippen LogP contribution in [0, 0.1) is 5.92 Å². The highest BCUT2D eigenvalue weighted by atomic mass is 16.5. The fraction of sp³-hybridized carbons (Fsp3) is 0.846. The number of nitrogens with zero attached hydrogens (tertiary/aromatic N) is 4. The van der Waals surface area contributed by atoms with E-state index in [1.807, 2.05) is 13.8 Å². The van der Waals surface area contributed by atoms with Crippen molar-refractivity contribution in [1.82, 2.24) is 10.4 Å². The maximum atomic E-state index is 12.7. The number of carbonyl (C=O) groups excluding carboxylic acids is 2. The minimum absolute atomic E-state index is 0.130. The molecule has 0 aliphatic carbocycles. The predicted molar refractivity (Wildman–Crippen MR) is 76.3 cm³/mol. The number of hydrogen-bond acceptors (Lipinski definition) is 4. The summed E-state index contributed by atoms with van der Waals surface area (Å²) in [6.07, 6.45) is 3.93. The van der Waals surface area contributed by atoms with Gasteiger partial charge in [0.1, 0.15) is 6.04 Å². The van der Waals surface area contributed by atoms with E-state index >= 15 is 0 Å². The summed E-state index contributed by atoms with van der Waals surface area (Å²) in [5.74, 6) is -1.74. The molecule has 1 saturated heterocycles. The van der Waals surface area contributed by atoms with Crippen LogP contribution >= 0.6 is 0 Å². The van der Waals surface area contributed by atoms with Crippen molar-refractivity contribution in [2.24, 2.45) is 11.0 Å². The van der Waals surface area contributed by atoms with Crippen LogP contribution in [0.15, 0.2) is 5.11 Å². The van der Waals surface area contributed by atoms with Crippen molar-refractivity contribution in [1.29, 1.82) is 0 Å². The van der Waals surface area contributed by atoms with Crippen LogP contribution in [0.2, 0.25) is 0 Å². The summed E-state index contributed by atoms with van der Waals surface area (Å²) in [5, 5.41) is 12.2. The number of nitrogens with one attached hydrogen (secondary N) is 1. The second kappa shape index (κ2) is 8.49. The maximum Gasteiger partial charge on any atom is 0.253 e. The van der Waals surface area contributed by atoms with E-state index in [1.165, 1.54) is 5.48 Å². The highest BCUT2D eigenvalue weighted by Crippen LogP contribution is 2.25. The minimum atomic E-state index is -1.22. The van der Waals surface area contributed by atoms with Crippen molar-refractivity contribution in [2.75, 3.05) is 6.54 Å². The Morgan fingerprint density at radius 3 is 2.76 bits per heavy atom. The summed E-state index contributed by atoms with van der Waals surface area (Å²) < 4.78 is 0. The molecule has 0 unspecified atom stereocenters. The summed E-state index contributed by atoms with van der Waals surface area (Å²) in [7, 11) is 0. The number of unbranched alkanes of at least 4 members (excludes halogenated alkanes) is 1. The number of hydroxylamine groups is 1. The van der Waals surface area contributed by atoms with Gasteiger partial charge in [-0.25, -0.2) is 5.48 Å². The summed E-state index contributed by atoms with van der Waals surface area (Å²) in [5.41, 5.74) is 10.1. The van der Waals surface area contributed by atoms with E-state index in [0.29, 0.717) is 13.0 Å². The molecule has 8 nitrogen and oxygen atoms in total. The van der Waals surface area contributed by atoms with E-state index in [9.17, 15) is 9.59 Å². The molecule has 8 heteroatoms. The fourth-order valence-electron chi connectivity index (χ4n) is 2.75. The van der Waals surface area contributed by atoms with Crippen LogP contribution in [-0.4, -0.2) is 40.5 Å². The molecule has 1 rings (SSSR count). The van der Waals surface area contributed by atoms with Gasteiger partial charge in [-0.2, -0.15) is 0 Å². The molecule has 1 aliphatic rings. The van der Waals surface area contributed by atoms with E-state index in [1.54, 1.807) is 4.90 Å². The Bertz CT molecular complexity index is 422. The summed E-state index contributed by atoms with van der Waals surface area (Å²) in [6, 6.07) is -1.09. The van der Waals surface area contributed by atoms with Crippen molar-refractivity contribution in [3.63, 3.8) is 0 Å². The first-order valence-corrected chi connectivity index (χ1v) is 7.35. The first-order valence-electron chi connectivity index (χ1n) is 7.35. The molecular weight excluding hydrogens is 274 g/mol. The average molecular weight is 297 g/mol. The monoisotopic (exact) mass is 297 g/mol. The van der Waals surface area contributed by atoms with Gasteiger partial charge in [-0.3, -0.25) is 14.8 Å². The zero-order valence-electron chi connectivity index (χ0n) is 12.5. The van der Waals surface area contributed by atoms with Gasteiger partial charge in [-0.15, -0.1) is 0 Å². The molecule has 3 atom stereocenters. The van der Waals surface area contributed by atoms with Gasteiger partial charge in [0.25, 0.3) is 5.91 Å². The molecule has 21 heavy (non-hydrogen) atoms. The molecule has 0 bridgehead atoms. The molecule has 0 spiro atoms. The van der Waals surface area contributed by atoms with Crippen molar-refractivity contribution < 1.29 is 14.8 Å². The number of likely N-dealkylation sites (tertiary alicyclic amines) is 1. The normalized spacial score (nSPS) is 20.5. The zero-order chi connectivity index (χ0) is 15.8. The highest BCUT2D eigenvalue weighted by molar-refractivity contribution is 5.90. The third-order valence-electron chi connectivity index (χ3n) is 3.96. The second-order valence-electron chi connectivity index (χ2n) is 5.40. The quantitative estimate of drug-likeness (QED) is 0.246. The Morgan fingerprint density at radius 2 is 2.29 bits per heavy atom. The number of azide groups is 1. The van der Waals surface area contributed by atoms with Crippen LogP contribution in [-0.2, 0) is 9.59 Å². The first-order chi connectivity index (χ1) is 10.1. The number of carbonyl (C=O) groups is 2. The highest BCUT2D eigenvalue weighted by Gasteiger charge is 2.37. The van der Waals surface area contributed by atoms with E-state index in [2.05, 4.69) is 10.0 Å². The molecule has 0 aromatic carbocycles. The van der Waals surface area contributed by atoms with Gasteiger partial charge in [0.15, 0.2) is 0 Å². The zero-order valence-corrected chi connectivity index (χ0v) is 12.5. The summed E-state index contributed by atoms with van der Waals surface area (Å²) in [6.45, 7) is 4.61. The standard InChI is InChI=1S/C13H23N5O3/c1-3-4-7-10(11(15-17-14)12(19)16-21)13(20)18-8-5-6-9(18)2/h9-11,21H,3-8H2,1-2H3,(H,16,19)/t9-,10-,11-/m1/s1. The Hall–Kier alpha value is -1.79. The molecule has 1 heterocycles. The molecule has 0 aromatic heterocycles. The van der Waals surface area contributed by atoms with Crippen molar-refractivity contribution in [3.8, 4) is 0 Å². The molecule has 1 fully saturated rings. The Morgan fingerprint density at radius 1 is 1.57 bits per heavy atom. The average Bonchev–Trinajstić information content (AvgIpc) is 2.91. The lowest BCUT2D eigenvalue weighted by Crippen LogP contribution is -2.46. The smallest absolute Gasteiger partial charge is 0.253 e. The van der Waals surface area contributed by atoms with E-state index < -0.39 is 17.9 Å². The van der Waals surface area contributed by atoms with Gasteiger partial charge in [0.2, 0.25) is 5.91 Å². The molecule has 2 amide bonds. The Labute approximate surface area is 124 Å². The van der Waals surface area contributed by atoms with Crippen molar-refractivity contribution >= 4 is 11.8 Å². The third-order valence-corrected chi connectivity index (χ3v) is 3.96. The number of amides is 2. The predicted octanol–water partition coefficient (Wildman–Crippen LogP) is 1.99. The molecule has 0 radical (unpaired) electrons. The molecule has 2 N–H and O–H groups in total. The fourth-order valence-corrected chi connectivity index (χ4v) is 2.75. The number of hydrogen-bond donors (Lipinski definition) is 2. The molecule has 118 valence electrons.